The molecular formula is C17H14F3NO2. The van der Waals surface area contributed by atoms with Crippen molar-refractivity contribution in [2.24, 2.45) is 0 Å². The fourth-order valence-corrected chi connectivity index (χ4v) is 2.64. The fourth-order valence-electron chi connectivity index (χ4n) is 2.64. The third kappa shape index (κ3) is 2.60. The van der Waals surface area contributed by atoms with Gasteiger partial charge in [0.05, 0.1) is 19.7 Å². The van der Waals surface area contributed by atoms with E-state index in [2.05, 4.69) is 4.98 Å². The number of hydrogen-bond donors (Lipinski definition) is 1. The molecule has 0 aliphatic rings. The monoisotopic (exact) mass is 321 g/mol. The second-order valence-corrected chi connectivity index (χ2v) is 4.99. The number of rotatable bonds is 3. The van der Waals surface area contributed by atoms with Crippen molar-refractivity contribution in [3.05, 3.63) is 48.2 Å². The van der Waals surface area contributed by atoms with Crippen molar-refractivity contribution in [2.75, 3.05) is 14.2 Å². The molecule has 6 heteroatoms. The normalized spacial score (nSPS) is 11.7. The first-order chi connectivity index (χ1) is 11.0. The summed E-state index contributed by atoms with van der Waals surface area (Å²) in [6.45, 7) is 0. The number of ether oxygens (including phenoxy) is 2. The van der Waals surface area contributed by atoms with Gasteiger partial charge in [-0.05, 0) is 11.6 Å². The number of alkyl halides is 3. The van der Waals surface area contributed by atoms with Crippen molar-refractivity contribution >= 4 is 10.9 Å². The first-order valence-corrected chi connectivity index (χ1v) is 6.86. The zero-order valence-corrected chi connectivity index (χ0v) is 12.5. The molecule has 3 aromatic rings. The third-order valence-electron chi connectivity index (χ3n) is 3.65. The number of nitrogens with one attached hydrogen (secondary N) is 1. The minimum atomic E-state index is -4.50. The van der Waals surface area contributed by atoms with Crippen LogP contribution in [0.1, 0.15) is 5.69 Å². The Labute approximate surface area is 130 Å². The molecule has 3 nitrogen and oxygen atoms in total. The van der Waals surface area contributed by atoms with E-state index in [1.807, 2.05) is 0 Å². The Balaban J connectivity index is 2.38. The summed E-state index contributed by atoms with van der Waals surface area (Å²) in [5.41, 5.74) is 0.148. The molecule has 0 unspecified atom stereocenters. The van der Waals surface area contributed by atoms with Gasteiger partial charge in [0.2, 0.25) is 0 Å². The molecule has 0 fully saturated rings. The van der Waals surface area contributed by atoms with Crippen LogP contribution in [0.5, 0.6) is 11.5 Å². The van der Waals surface area contributed by atoms with Crippen LogP contribution in [-0.4, -0.2) is 19.2 Å². The van der Waals surface area contributed by atoms with Crippen molar-refractivity contribution in [2.45, 2.75) is 6.18 Å². The number of fused-ring (bicyclic) bond motifs is 1. The maximum absolute atomic E-state index is 13.4. The molecule has 23 heavy (non-hydrogen) atoms. The first kappa shape index (κ1) is 15.3. The van der Waals surface area contributed by atoms with Crippen LogP contribution in [0.3, 0.4) is 0 Å². The number of aromatic amines is 1. The highest BCUT2D eigenvalue weighted by molar-refractivity contribution is 5.99. The number of hydrogen-bond acceptors (Lipinski definition) is 2. The molecule has 1 N–H and O–H groups in total. The average molecular weight is 321 g/mol. The molecule has 0 atom stereocenters. The molecule has 120 valence electrons. The van der Waals surface area contributed by atoms with E-state index in [0.717, 1.165) is 0 Å². The topological polar surface area (TPSA) is 34.2 Å². The lowest BCUT2D eigenvalue weighted by molar-refractivity contribution is -0.140. The van der Waals surface area contributed by atoms with Gasteiger partial charge in [0, 0.05) is 17.0 Å². The van der Waals surface area contributed by atoms with Crippen LogP contribution < -0.4 is 9.47 Å². The molecule has 0 radical (unpaired) electrons. The molecule has 0 aliphatic carbocycles. The van der Waals surface area contributed by atoms with Crippen LogP contribution in [-0.2, 0) is 6.18 Å². The number of halogens is 3. The molecule has 1 heterocycles. The minimum Gasteiger partial charge on any atom is -0.493 e. The Morgan fingerprint density at radius 2 is 1.52 bits per heavy atom. The summed E-state index contributed by atoms with van der Waals surface area (Å²) in [6, 6.07) is 11.5. The third-order valence-corrected chi connectivity index (χ3v) is 3.65. The largest absolute Gasteiger partial charge is 0.493 e. The molecule has 0 amide bonds. The highest BCUT2D eigenvalue weighted by Gasteiger charge is 2.37. The molecule has 2 aromatic carbocycles. The lowest BCUT2D eigenvalue weighted by Gasteiger charge is -2.09. The van der Waals surface area contributed by atoms with E-state index in [1.54, 1.807) is 36.4 Å². The van der Waals surface area contributed by atoms with Crippen molar-refractivity contribution in [3.8, 4) is 22.6 Å². The Morgan fingerprint density at radius 1 is 0.913 bits per heavy atom. The first-order valence-electron chi connectivity index (χ1n) is 6.86. The molecule has 0 spiro atoms. The standard InChI is InChI=1S/C17H14F3NO2/c1-22-13-8-11-12(9-14(13)23-2)21-16(17(18,19)20)15(11)10-6-4-3-5-7-10/h3-9,21H,1-2H3. The van der Waals surface area contributed by atoms with Crippen LogP contribution in [0.15, 0.2) is 42.5 Å². The van der Waals surface area contributed by atoms with E-state index in [0.29, 0.717) is 28.0 Å². The summed E-state index contributed by atoms with van der Waals surface area (Å²) in [5.74, 6) is 0.750. The summed E-state index contributed by atoms with van der Waals surface area (Å²) in [6.07, 6.45) is -4.50. The lowest BCUT2D eigenvalue weighted by Crippen LogP contribution is -2.07. The van der Waals surface area contributed by atoms with E-state index in [9.17, 15) is 13.2 Å². The van der Waals surface area contributed by atoms with Gasteiger partial charge >= 0.3 is 6.18 Å². The van der Waals surface area contributed by atoms with E-state index < -0.39 is 11.9 Å². The van der Waals surface area contributed by atoms with Gasteiger partial charge < -0.3 is 14.5 Å². The highest BCUT2D eigenvalue weighted by atomic mass is 19.4. The molecular weight excluding hydrogens is 307 g/mol. The zero-order chi connectivity index (χ0) is 16.6. The Kier molecular flexibility index (Phi) is 3.67. The van der Waals surface area contributed by atoms with Crippen LogP contribution in [0.4, 0.5) is 13.2 Å². The SMILES string of the molecule is COc1cc2[nH]c(C(F)(F)F)c(-c3ccccc3)c2cc1OC. The molecule has 0 saturated carbocycles. The van der Waals surface area contributed by atoms with Crippen molar-refractivity contribution < 1.29 is 22.6 Å². The van der Waals surface area contributed by atoms with Gasteiger partial charge in [0.1, 0.15) is 5.69 Å². The number of H-pyrrole nitrogens is 1. The van der Waals surface area contributed by atoms with E-state index in [1.165, 1.54) is 20.3 Å². The van der Waals surface area contributed by atoms with Gasteiger partial charge in [-0.2, -0.15) is 13.2 Å². The van der Waals surface area contributed by atoms with Gasteiger partial charge in [-0.1, -0.05) is 30.3 Å². The zero-order valence-electron chi connectivity index (χ0n) is 12.5. The average Bonchev–Trinajstić information content (AvgIpc) is 2.92. The van der Waals surface area contributed by atoms with Crippen LogP contribution >= 0.6 is 0 Å². The predicted octanol–water partition coefficient (Wildman–Crippen LogP) is 4.87. The van der Waals surface area contributed by atoms with Crippen LogP contribution in [0.2, 0.25) is 0 Å². The second kappa shape index (κ2) is 5.53. The van der Waals surface area contributed by atoms with Crippen LogP contribution in [0, 0.1) is 0 Å². The summed E-state index contributed by atoms with van der Waals surface area (Å²) in [4.78, 5) is 2.47. The predicted molar refractivity (Wildman–Crippen MR) is 81.8 cm³/mol. The van der Waals surface area contributed by atoms with Crippen LogP contribution in [0.25, 0.3) is 22.0 Å². The summed E-state index contributed by atoms with van der Waals surface area (Å²) in [5, 5.41) is 0.432. The molecule has 0 saturated heterocycles. The van der Waals surface area contributed by atoms with Gasteiger partial charge in [0.15, 0.2) is 11.5 Å². The Bertz CT molecular complexity index is 838. The maximum atomic E-state index is 13.4. The molecule has 0 bridgehead atoms. The lowest BCUT2D eigenvalue weighted by atomic mass is 10.0. The number of benzene rings is 2. The molecule has 3 rings (SSSR count). The minimum absolute atomic E-state index is 0.106. The van der Waals surface area contributed by atoms with E-state index in [-0.39, 0.29) is 5.56 Å². The Hall–Kier alpha value is -2.63. The molecule has 1 aromatic heterocycles. The van der Waals surface area contributed by atoms with Crippen molar-refractivity contribution in [3.63, 3.8) is 0 Å². The summed E-state index contributed by atoms with van der Waals surface area (Å²) in [7, 11) is 2.89. The maximum Gasteiger partial charge on any atom is 0.431 e. The van der Waals surface area contributed by atoms with E-state index >= 15 is 0 Å². The molecule has 0 aliphatic heterocycles. The van der Waals surface area contributed by atoms with Crippen molar-refractivity contribution in [1.29, 1.82) is 0 Å². The highest BCUT2D eigenvalue weighted by Crippen LogP contribution is 2.44. The van der Waals surface area contributed by atoms with Gasteiger partial charge in [-0.25, -0.2) is 0 Å². The second-order valence-electron chi connectivity index (χ2n) is 4.99. The summed E-state index contributed by atoms with van der Waals surface area (Å²) < 4.78 is 50.7. The van der Waals surface area contributed by atoms with Crippen molar-refractivity contribution in [1.82, 2.24) is 4.98 Å². The van der Waals surface area contributed by atoms with Gasteiger partial charge in [-0.3, -0.25) is 0 Å². The number of aromatic nitrogens is 1. The van der Waals surface area contributed by atoms with Gasteiger partial charge in [-0.15, -0.1) is 0 Å². The van der Waals surface area contributed by atoms with Gasteiger partial charge in [0.25, 0.3) is 0 Å². The number of methoxy groups -OCH3 is 2. The Morgan fingerprint density at radius 3 is 2.09 bits per heavy atom. The fraction of sp³-hybridized carbons (Fsp3) is 0.176. The summed E-state index contributed by atoms with van der Waals surface area (Å²) >= 11 is 0. The van der Waals surface area contributed by atoms with E-state index in [4.69, 9.17) is 9.47 Å². The quantitative estimate of drug-likeness (QED) is 0.747. The smallest absolute Gasteiger partial charge is 0.431 e.